The second-order valence-corrected chi connectivity index (χ2v) is 11.6. The van der Waals surface area contributed by atoms with Crippen molar-refractivity contribution in [2.45, 2.75) is 52.1 Å². The molecule has 2 fully saturated rings. The summed E-state index contributed by atoms with van der Waals surface area (Å²) in [4.78, 5) is 32.5. The topological polar surface area (TPSA) is 73.3 Å². The fourth-order valence-corrected chi connectivity index (χ4v) is 6.82. The minimum Gasteiger partial charge on any atom is -0.353 e. The van der Waals surface area contributed by atoms with Gasteiger partial charge in [0.25, 0.3) is 5.91 Å². The Balaban J connectivity index is 1.06. The van der Waals surface area contributed by atoms with Gasteiger partial charge in [0.2, 0.25) is 0 Å². The van der Waals surface area contributed by atoms with Crippen LogP contribution in [-0.4, -0.2) is 80.0 Å². The van der Waals surface area contributed by atoms with Crippen LogP contribution in [-0.2, 0) is 0 Å². The number of carbonyl (C=O) groups excluding carboxylic acids is 1. The molecule has 3 aromatic heterocycles. The number of piperazine rings is 1. The number of hydrogen-bond donors (Lipinski definition) is 1. The Hall–Kier alpha value is -3.62. The molecule has 9 heteroatoms. The molecular weight excluding hydrogens is 534 g/mol. The van der Waals surface area contributed by atoms with Crippen molar-refractivity contribution in [3.8, 4) is 17.1 Å². The van der Waals surface area contributed by atoms with Crippen LogP contribution in [0.4, 0.5) is 5.82 Å². The number of carbonyl (C=O) groups is 1. The Bertz CT molecular complexity index is 1470. The van der Waals surface area contributed by atoms with Crippen molar-refractivity contribution in [2.75, 3.05) is 37.6 Å². The van der Waals surface area contributed by atoms with Crippen LogP contribution in [0.15, 0.2) is 61.1 Å². The van der Waals surface area contributed by atoms with Gasteiger partial charge in [-0.3, -0.25) is 9.69 Å². The van der Waals surface area contributed by atoms with Gasteiger partial charge in [0.1, 0.15) is 11.6 Å². The molecule has 2 aliphatic heterocycles. The van der Waals surface area contributed by atoms with Crippen LogP contribution in [0, 0.1) is 13.8 Å². The van der Waals surface area contributed by atoms with Gasteiger partial charge in [0.05, 0.1) is 5.02 Å². The number of aromatic nitrogens is 4. The summed E-state index contributed by atoms with van der Waals surface area (Å²) in [6.45, 7) is 10.8. The first-order valence-corrected chi connectivity index (χ1v) is 15.0. The van der Waals surface area contributed by atoms with Crippen LogP contribution >= 0.6 is 11.6 Å². The van der Waals surface area contributed by atoms with Crippen molar-refractivity contribution in [3.63, 3.8) is 0 Å². The Morgan fingerprint density at radius 2 is 1.73 bits per heavy atom. The molecule has 0 bridgehead atoms. The molecule has 0 radical (unpaired) electrons. The Morgan fingerprint density at radius 1 is 1.00 bits per heavy atom. The maximum atomic E-state index is 13.3. The number of anilines is 1. The first-order chi connectivity index (χ1) is 19.9. The molecule has 41 heavy (non-hydrogen) atoms. The van der Waals surface area contributed by atoms with E-state index in [2.05, 4.69) is 69.4 Å². The number of likely N-dealkylation sites (tertiary alicyclic amines) is 1. The molecule has 1 atom stereocenters. The lowest BCUT2D eigenvalue weighted by Gasteiger charge is -2.47. The van der Waals surface area contributed by atoms with Crippen LogP contribution < -0.4 is 4.90 Å². The lowest BCUT2D eigenvalue weighted by atomic mass is 9.97. The summed E-state index contributed by atoms with van der Waals surface area (Å²) < 4.78 is 2.21. The summed E-state index contributed by atoms with van der Waals surface area (Å²) >= 11 is 6.70. The molecular formula is C32H38ClN7O. The van der Waals surface area contributed by atoms with E-state index in [1.54, 1.807) is 12.4 Å². The van der Waals surface area contributed by atoms with E-state index in [0.29, 0.717) is 17.1 Å². The first-order valence-electron chi connectivity index (χ1n) is 14.6. The minimum atomic E-state index is 0.131. The highest BCUT2D eigenvalue weighted by atomic mass is 35.5. The molecule has 8 nitrogen and oxygen atoms in total. The number of rotatable bonds is 6. The number of aryl methyl sites for hydroxylation is 2. The third-order valence-corrected chi connectivity index (χ3v) is 9.03. The third-order valence-electron chi connectivity index (χ3n) is 8.76. The highest BCUT2D eigenvalue weighted by Crippen LogP contribution is 2.31. The van der Waals surface area contributed by atoms with E-state index < -0.39 is 0 Å². The fraction of sp³-hybridized carbons (Fsp3) is 0.406. The van der Waals surface area contributed by atoms with E-state index in [1.165, 1.54) is 11.4 Å². The lowest BCUT2D eigenvalue weighted by molar-refractivity contribution is 0.0491. The predicted molar refractivity (Wildman–Crippen MR) is 164 cm³/mol. The summed E-state index contributed by atoms with van der Waals surface area (Å²) in [5.74, 6) is 1.74. The first kappa shape index (κ1) is 27.5. The van der Waals surface area contributed by atoms with E-state index in [1.807, 2.05) is 29.3 Å². The van der Waals surface area contributed by atoms with Gasteiger partial charge >= 0.3 is 0 Å². The molecule has 0 aliphatic carbocycles. The van der Waals surface area contributed by atoms with Gasteiger partial charge in [-0.1, -0.05) is 18.5 Å². The number of aromatic amines is 1. The number of benzene rings is 1. The zero-order valence-corrected chi connectivity index (χ0v) is 24.8. The van der Waals surface area contributed by atoms with E-state index in [0.717, 1.165) is 80.4 Å². The van der Waals surface area contributed by atoms with E-state index >= 15 is 0 Å². The van der Waals surface area contributed by atoms with E-state index in [-0.39, 0.29) is 5.91 Å². The van der Waals surface area contributed by atoms with Crippen LogP contribution in [0.25, 0.3) is 17.1 Å². The van der Waals surface area contributed by atoms with Gasteiger partial charge in [-0.25, -0.2) is 9.97 Å². The number of imidazole rings is 1. The second-order valence-electron chi connectivity index (χ2n) is 11.2. The Kier molecular flexibility index (Phi) is 7.86. The number of piperidine rings is 1. The molecule has 1 unspecified atom stereocenters. The molecule has 4 aromatic rings. The normalized spacial score (nSPS) is 18.7. The smallest absolute Gasteiger partial charge is 0.253 e. The molecule has 1 aromatic carbocycles. The maximum Gasteiger partial charge on any atom is 0.253 e. The number of H-pyrrole nitrogens is 1. The van der Waals surface area contributed by atoms with Crippen molar-refractivity contribution in [3.05, 3.63) is 83.0 Å². The van der Waals surface area contributed by atoms with Crippen molar-refractivity contribution >= 4 is 23.3 Å². The summed E-state index contributed by atoms with van der Waals surface area (Å²) in [5.41, 5.74) is 5.12. The SMILES string of the molecule is CCC1CN(c2ncc(-c3ncc[nH]3)cc2Cl)CCN1C1CCN(C(=O)c2ccc(-n3c(C)ccc3C)cc2)CC1. The van der Waals surface area contributed by atoms with Crippen LogP contribution in [0.1, 0.15) is 47.9 Å². The molecule has 214 valence electrons. The van der Waals surface area contributed by atoms with E-state index in [9.17, 15) is 4.79 Å². The summed E-state index contributed by atoms with van der Waals surface area (Å²) in [6.07, 6.45) is 8.43. The summed E-state index contributed by atoms with van der Waals surface area (Å²) in [5, 5.41) is 0.653. The number of nitrogens with zero attached hydrogens (tertiary/aromatic N) is 6. The molecule has 6 rings (SSSR count). The van der Waals surface area contributed by atoms with E-state index in [4.69, 9.17) is 16.6 Å². The monoisotopic (exact) mass is 571 g/mol. The second kappa shape index (κ2) is 11.7. The summed E-state index contributed by atoms with van der Waals surface area (Å²) in [7, 11) is 0. The minimum absolute atomic E-state index is 0.131. The average molecular weight is 572 g/mol. The van der Waals surface area contributed by atoms with Gasteiger partial charge in [-0.15, -0.1) is 0 Å². The zero-order valence-electron chi connectivity index (χ0n) is 24.1. The van der Waals surface area contributed by atoms with Gasteiger partial charge in [-0.05, 0) is 75.6 Å². The molecule has 1 N–H and O–H groups in total. The third kappa shape index (κ3) is 5.51. The molecule has 2 saturated heterocycles. The van der Waals surface area contributed by atoms with Gasteiger partial charge in [0.15, 0.2) is 0 Å². The largest absolute Gasteiger partial charge is 0.353 e. The van der Waals surface area contributed by atoms with Crippen LogP contribution in [0.2, 0.25) is 5.02 Å². The maximum absolute atomic E-state index is 13.3. The molecule has 0 spiro atoms. The highest BCUT2D eigenvalue weighted by Gasteiger charge is 2.35. The molecule has 0 saturated carbocycles. The Morgan fingerprint density at radius 3 is 2.37 bits per heavy atom. The number of hydrogen-bond acceptors (Lipinski definition) is 5. The van der Waals surface area contributed by atoms with Crippen LogP contribution in [0.3, 0.4) is 0 Å². The quantitative estimate of drug-likeness (QED) is 0.319. The lowest BCUT2D eigenvalue weighted by Crippen LogP contribution is -2.58. The molecule has 1 amide bonds. The van der Waals surface area contributed by atoms with Crippen molar-refractivity contribution in [1.82, 2.24) is 29.3 Å². The van der Waals surface area contributed by atoms with Gasteiger partial charge in [-0.2, -0.15) is 0 Å². The number of nitrogens with one attached hydrogen (secondary N) is 1. The average Bonchev–Trinajstić information content (AvgIpc) is 3.66. The fourth-order valence-electron chi connectivity index (χ4n) is 6.53. The number of amides is 1. The molecule has 2 aliphatic rings. The van der Waals surface area contributed by atoms with Crippen molar-refractivity contribution in [2.24, 2.45) is 0 Å². The standard InChI is InChI=1S/C32H38ClN7O/c1-4-26-21-38(31-29(33)19-25(20-36-31)30-34-13-14-35-30)17-18-39(26)27-11-15-37(16-12-27)32(41)24-7-9-28(10-8-24)40-22(2)5-6-23(40)3/h5-10,13-14,19-20,26-27H,4,11-12,15-18,21H2,1-3H3,(H,34,35). The summed E-state index contributed by atoms with van der Waals surface area (Å²) in [6, 6.07) is 15.1. The van der Waals surface area contributed by atoms with Gasteiger partial charge in [0, 0.05) is 91.6 Å². The zero-order chi connectivity index (χ0) is 28.5. The van der Waals surface area contributed by atoms with Gasteiger partial charge < -0.3 is 19.4 Å². The number of pyridine rings is 1. The predicted octanol–water partition coefficient (Wildman–Crippen LogP) is 5.74. The number of halogens is 1. The highest BCUT2D eigenvalue weighted by molar-refractivity contribution is 6.33. The van der Waals surface area contributed by atoms with Crippen molar-refractivity contribution < 1.29 is 4.79 Å². The van der Waals surface area contributed by atoms with Crippen LogP contribution in [0.5, 0.6) is 0 Å². The molecule has 5 heterocycles. The Labute approximate surface area is 247 Å². The van der Waals surface area contributed by atoms with Crippen molar-refractivity contribution in [1.29, 1.82) is 0 Å².